The van der Waals surface area contributed by atoms with Crippen LogP contribution in [0.25, 0.3) is 0 Å². The van der Waals surface area contributed by atoms with Crippen molar-refractivity contribution in [2.75, 3.05) is 6.54 Å². The number of unbranched alkanes of at least 4 members (excludes halogenated alkanes) is 1. The summed E-state index contributed by atoms with van der Waals surface area (Å²) in [7, 11) is 0. The van der Waals surface area contributed by atoms with Gasteiger partial charge in [-0.05, 0) is 30.9 Å². The van der Waals surface area contributed by atoms with Crippen LogP contribution in [-0.4, -0.2) is 46.3 Å². The molecule has 1 aliphatic rings. The number of carbonyl (C=O) groups excluding carboxylic acids is 3. The number of nitrogens with zero attached hydrogens (tertiary/aromatic N) is 1. The zero-order chi connectivity index (χ0) is 18.6. The van der Waals surface area contributed by atoms with Gasteiger partial charge in [-0.1, -0.05) is 26.0 Å². The van der Waals surface area contributed by atoms with E-state index in [9.17, 15) is 19.2 Å². The minimum absolute atomic E-state index is 0.0435. The van der Waals surface area contributed by atoms with Crippen LogP contribution in [0, 0.1) is 5.92 Å². The fourth-order valence-electron chi connectivity index (χ4n) is 2.90. The first-order valence-electron chi connectivity index (χ1n) is 8.31. The van der Waals surface area contributed by atoms with Crippen molar-refractivity contribution < 1.29 is 24.3 Å². The highest BCUT2D eigenvalue weighted by molar-refractivity contribution is 6.22. The van der Waals surface area contributed by atoms with Crippen LogP contribution in [-0.2, 0) is 9.59 Å². The van der Waals surface area contributed by atoms with Crippen LogP contribution in [0.5, 0.6) is 0 Å². The Morgan fingerprint density at radius 1 is 1.08 bits per heavy atom. The zero-order valence-electron chi connectivity index (χ0n) is 14.3. The first-order chi connectivity index (χ1) is 11.8. The molecule has 7 nitrogen and oxygen atoms in total. The summed E-state index contributed by atoms with van der Waals surface area (Å²) in [6.07, 6.45) is 1.02. The average Bonchev–Trinajstić information content (AvgIpc) is 2.80. The molecule has 0 bridgehead atoms. The molecule has 7 heteroatoms. The lowest BCUT2D eigenvalue weighted by atomic mass is 10.0. The highest BCUT2D eigenvalue weighted by Crippen LogP contribution is 2.27. The minimum atomic E-state index is -0.896. The van der Waals surface area contributed by atoms with E-state index in [1.807, 2.05) is 0 Å². The van der Waals surface area contributed by atoms with Gasteiger partial charge in [0.1, 0.15) is 6.04 Å². The van der Waals surface area contributed by atoms with E-state index in [2.05, 4.69) is 5.32 Å². The summed E-state index contributed by atoms with van der Waals surface area (Å²) in [5, 5.41) is 11.3. The molecule has 0 aromatic heterocycles. The van der Waals surface area contributed by atoms with Gasteiger partial charge in [-0.2, -0.15) is 0 Å². The van der Waals surface area contributed by atoms with E-state index in [0.29, 0.717) is 30.5 Å². The van der Waals surface area contributed by atoms with Gasteiger partial charge in [0.05, 0.1) is 11.1 Å². The van der Waals surface area contributed by atoms with Gasteiger partial charge in [-0.25, -0.2) is 0 Å². The third-order valence-corrected chi connectivity index (χ3v) is 4.12. The third-order valence-electron chi connectivity index (χ3n) is 4.12. The second-order valence-electron chi connectivity index (χ2n) is 6.36. The van der Waals surface area contributed by atoms with Crippen molar-refractivity contribution in [3.8, 4) is 0 Å². The molecule has 1 aliphatic heterocycles. The number of carboxylic acid groups (broad SMARTS) is 1. The van der Waals surface area contributed by atoms with Crippen LogP contribution in [0.3, 0.4) is 0 Å². The van der Waals surface area contributed by atoms with Crippen LogP contribution >= 0.6 is 0 Å². The van der Waals surface area contributed by atoms with E-state index in [0.717, 1.165) is 4.90 Å². The smallest absolute Gasteiger partial charge is 0.303 e. The second kappa shape index (κ2) is 7.92. The van der Waals surface area contributed by atoms with Crippen molar-refractivity contribution in [2.45, 2.75) is 39.2 Å². The molecule has 1 atom stereocenters. The van der Waals surface area contributed by atoms with Gasteiger partial charge in [0.25, 0.3) is 11.8 Å². The van der Waals surface area contributed by atoms with E-state index in [1.54, 1.807) is 38.1 Å². The van der Waals surface area contributed by atoms with Gasteiger partial charge in [-0.3, -0.25) is 24.1 Å². The number of amides is 3. The largest absolute Gasteiger partial charge is 0.481 e. The molecule has 134 valence electrons. The Balaban J connectivity index is 2.06. The predicted octanol–water partition coefficient (Wildman–Crippen LogP) is 1.68. The maximum absolute atomic E-state index is 12.6. The lowest BCUT2D eigenvalue weighted by molar-refractivity contribution is -0.137. The van der Waals surface area contributed by atoms with Gasteiger partial charge in [0.15, 0.2) is 0 Å². The Morgan fingerprint density at radius 3 is 2.12 bits per heavy atom. The molecule has 3 amide bonds. The number of rotatable bonds is 8. The van der Waals surface area contributed by atoms with E-state index in [1.165, 1.54) is 0 Å². The summed E-state index contributed by atoms with van der Waals surface area (Å²) in [5.74, 6) is -2.45. The number of imide groups is 1. The number of nitrogens with one attached hydrogen (secondary N) is 1. The molecule has 1 aromatic rings. The van der Waals surface area contributed by atoms with Crippen molar-refractivity contribution in [3.63, 3.8) is 0 Å². The van der Waals surface area contributed by atoms with Gasteiger partial charge < -0.3 is 10.4 Å². The Kier molecular flexibility index (Phi) is 5.90. The van der Waals surface area contributed by atoms with E-state index in [-0.39, 0.29) is 12.3 Å². The Bertz CT molecular complexity index is 663. The lowest BCUT2D eigenvalue weighted by Crippen LogP contribution is -2.52. The SMILES string of the molecule is CC(C)C(C(=O)NCCCCC(=O)O)N1C(=O)c2ccccc2C1=O. The minimum Gasteiger partial charge on any atom is -0.481 e. The zero-order valence-corrected chi connectivity index (χ0v) is 14.3. The van der Waals surface area contributed by atoms with Crippen molar-refractivity contribution in [2.24, 2.45) is 5.92 Å². The van der Waals surface area contributed by atoms with Gasteiger partial charge in [0, 0.05) is 13.0 Å². The van der Waals surface area contributed by atoms with Crippen molar-refractivity contribution >= 4 is 23.7 Å². The maximum atomic E-state index is 12.6. The van der Waals surface area contributed by atoms with Crippen molar-refractivity contribution in [1.82, 2.24) is 10.2 Å². The monoisotopic (exact) mass is 346 g/mol. The molecule has 0 aliphatic carbocycles. The van der Waals surface area contributed by atoms with Gasteiger partial charge in [0.2, 0.25) is 5.91 Å². The molecule has 2 N–H and O–H groups in total. The van der Waals surface area contributed by atoms with Crippen LogP contribution < -0.4 is 5.32 Å². The van der Waals surface area contributed by atoms with Gasteiger partial charge in [-0.15, -0.1) is 0 Å². The quantitative estimate of drug-likeness (QED) is 0.550. The summed E-state index contributed by atoms with van der Waals surface area (Å²) in [5.41, 5.74) is 0.625. The maximum Gasteiger partial charge on any atom is 0.303 e. The van der Waals surface area contributed by atoms with Gasteiger partial charge >= 0.3 is 5.97 Å². The molecule has 1 unspecified atom stereocenters. The highest BCUT2D eigenvalue weighted by Gasteiger charge is 2.43. The Morgan fingerprint density at radius 2 is 1.64 bits per heavy atom. The first-order valence-corrected chi connectivity index (χ1v) is 8.31. The Labute approximate surface area is 146 Å². The molecule has 1 heterocycles. The number of fused-ring (bicyclic) bond motifs is 1. The molecule has 0 fully saturated rings. The summed E-state index contributed by atoms with van der Waals surface area (Å²) < 4.78 is 0. The molecule has 0 radical (unpaired) electrons. The number of aliphatic carboxylic acids is 1. The molecule has 25 heavy (non-hydrogen) atoms. The van der Waals surface area contributed by atoms with E-state index in [4.69, 9.17) is 5.11 Å². The number of carboxylic acids is 1. The number of hydrogen-bond donors (Lipinski definition) is 2. The number of hydrogen-bond acceptors (Lipinski definition) is 4. The topological polar surface area (TPSA) is 104 Å². The average molecular weight is 346 g/mol. The van der Waals surface area contributed by atoms with Crippen molar-refractivity contribution in [1.29, 1.82) is 0 Å². The Hall–Kier alpha value is -2.70. The standard InChI is InChI=1S/C18H22N2O5/c1-11(2)15(16(23)19-10-6-5-9-14(21)22)20-17(24)12-7-3-4-8-13(12)18(20)25/h3-4,7-8,11,15H,5-6,9-10H2,1-2H3,(H,19,23)(H,21,22). The molecule has 1 aromatic carbocycles. The predicted molar refractivity (Wildman–Crippen MR) is 90.1 cm³/mol. The summed E-state index contributed by atoms with van der Waals surface area (Å²) in [6.45, 7) is 3.86. The summed E-state index contributed by atoms with van der Waals surface area (Å²) >= 11 is 0. The van der Waals surface area contributed by atoms with Crippen LogP contribution in [0.4, 0.5) is 0 Å². The number of carbonyl (C=O) groups is 4. The van der Waals surface area contributed by atoms with E-state index >= 15 is 0 Å². The molecular weight excluding hydrogens is 324 g/mol. The molecule has 0 saturated carbocycles. The van der Waals surface area contributed by atoms with Crippen LogP contribution in [0.15, 0.2) is 24.3 Å². The second-order valence-corrected chi connectivity index (χ2v) is 6.36. The molecule has 2 rings (SSSR count). The molecular formula is C18H22N2O5. The normalized spacial score (nSPS) is 14.6. The molecule has 0 saturated heterocycles. The van der Waals surface area contributed by atoms with Crippen molar-refractivity contribution in [3.05, 3.63) is 35.4 Å². The summed E-state index contributed by atoms with van der Waals surface area (Å²) in [4.78, 5) is 49.2. The highest BCUT2D eigenvalue weighted by atomic mass is 16.4. The van der Waals surface area contributed by atoms with E-state index < -0.39 is 29.7 Å². The van der Waals surface area contributed by atoms with Crippen LogP contribution in [0.1, 0.15) is 53.8 Å². The molecule has 0 spiro atoms. The fourth-order valence-corrected chi connectivity index (χ4v) is 2.90. The lowest BCUT2D eigenvalue weighted by Gasteiger charge is -2.28. The fraction of sp³-hybridized carbons (Fsp3) is 0.444. The number of benzene rings is 1. The summed E-state index contributed by atoms with van der Waals surface area (Å²) in [6, 6.07) is 5.63. The third kappa shape index (κ3) is 4.04. The first kappa shape index (κ1) is 18.6. The van der Waals surface area contributed by atoms with Crippen LogP contribution in [0.2, 0.25) is 0 Å².